The highest BCUT2D eigenvalue weighted by molar-refractivity contribution is 6.30. The lowest BCUT2D eigenvalue weighted by Crippen LogP contribution is -2.39. The van der Waals surface area contributed by atoms with Crippen LogP contribution in [0.15, 0.2) is 24.3 Å². The van der Waals surface area contributed by atoms with Crippen molar-refractivity contribution in [2.24, 2.45) is 0 Å². The minimum Gasteiger partial charge on any atom is -0.300 e. The van der Waals surface area contributed by atoms with E-state index in [1.54, 1.807) is 5.43 Å². The van der Waals surface area contributed by atoms with Gasteiger partial charge < -0.3 is 0 Å². The van der Waals surface area contributed by atoms with Gasteiger partial charge in [-0.05, 0) is 24.3 Å². The van der Waals surface area contributed by atoms with E-state index in [1.165, 1.54) is 24.3 Å². The first kappa shape index (κ1) is 11.6. The van der Waals surface area contributed by atoms with Crippen molar-refractivity contribution in [3.05, 3.63) is 29.3 Å². The third kappa shape index (κ3) is 3.67. The Morgan fingerprint density at radius 3 is 2.20 bits per heavy atom. The standard InChI is InChI=1S/C8H7ClF3N3/c9-5-1-3-6(4-2-5)14-15-7(13)8(10,11)12/h1-4,14H,(H2,13,15). The predicted molar refractivity (Wildman–Crippen MR) is 52.0 cm³/mol. The van der Waals surface area contributed by atoms with Crippen LogP contribution in [0, 0.1) is 5.41 Å². The fraction of sp³-hybridized carbons (Fsp3) is 0.125. The maximum atomic E-state index is 11.9. The van der Waals surface area contributed by atoms with Crippen LogP contribution in [0.4, 0.5) is 18.9 Å². The van der Waals surface area contributed by atoms with Crippen LogP contribution in [0.2, 0.25) is 5.02 Å². The van der Waals surface area contributed by atoms with Gasteiger partial charge in [0.05, 0.1) is 5.69 Å². The summed E-state index contributed by atoms with van der Waals surface area (Å²) in [5.41, 5.74) is 4.33. The second-order valence-electron chi connectivity index (χ2n) is 2.63. The first-order valence-electron chi connectivity index (χ1n) is 3.83. The molecule has 0 amide bonds. The lowest BCUT2D eigenvalue weighted by molar-refractivity contribution is -0.0622. The molecule has 0 aliphatic carbocycles. The SMILES string of the molecule is N=C(NNc1ccc(Cl)cc1)C(F)(F)F. The molecule has 0 atom stereocenters. The quantitative estimate of drug-likeness (QED) is 0.421. The van der Waals surface area contributed by atoms with Crippen LogP contribution in [0.3, 0.4) is 0 Å². The predicted octanol–water partition coefficient (Wildman–Crippen LogP) is 2.80. The molecule has 7 heteroatoms. The molecule has 0 saturated heterocycles. The molecule has 1 rings (SSSR count). The van der Waals surface area contributed by atoms with E-state index in [0.717, 1.165) is 0 Å². The summed E-state index contributed by atoms with van der Waals surface area (Å²) in [6.45, 7) is 0. The van der Waals surface area contributed by atoms with Crippen molar-refractivity contribution in [1.29, 1.82) is 5.41 Å². The first-order valence-corrected chi connectivity index (χ1v) is 4.21. The van der Waals surface area contributed by atoms with Gasteiger partial charge in [0.1, 0.15) is 0 Å². The molecular formula is C8H7ClF3N3. The van der Waals surface area contributed by atoms with Gasteiger partial charge in [-0.3, -0.25) is 16.3 Å². The summed E-state index contributed by atoms with van der Waals surface area (Å²) in [7, 11) is 0. The second kappa shape index (κ2) is 4.39. The Hall–Kier alpha value is -1.43. The van der Waals surface area contributed by atoms with Gasteiger partial charge >= 0.3 is 6.18 Å². The number of alkyl halides is 3. The number of amidine groups is 1. The fourth-order valence-electron chi connectivity index (χ4n) is 0.739. The van der Waals surface area contributed by atoms with Gasteiger partial charge in [-0.15, -0.1) is 0 Å². The molecule has 0 bridgehead atoms. The average molecular weight is 238 g/mol. The van der Waals surface area contributed by atoms with Gasteiger partial charge in [0, 0.05) is 5.02 Å². The van der Waals surface area contributed by atoms with Crippen LogP contribution in [-0.4, -0.2) is 12.0 Å². The molecule has 3 nitrogen and oxygen atoms in total. The minimum absolute atomic E-state index is 0.383. The van der Waals surface area contributed by atoms with Gasteiger partial charge in [0.2, 0.25) is 5.84 Å². The number of rotatable bonds is 2. The van der Waals surface area contributed by atoms with Crippen LogP contribution < -0.4 is 10.9 Å². The lowest BCUT2D eigenvalue weighted by Gasteiger charge is -2.12. The molecule has 1 aromatic carbocycles. The van der Waals surface area contributed by atoms with E-state index < -0.39 is 12.0 Å². The van der Waals surface area contributed by atoms with Gasteiger partial charge in [0.25, 0.3) is 0 Å². The monoisotopic (exact) mass is 237 g/mol. The van der Waals surface area contributed by atoms with E-state index in [9.17, 15) is 13.2 Å². The van der Waals surface area contributed by atoms with Gasteiger partial charge in [0.15, 0.2) is 0 Å². The third-order valence-electron chi connectivity index (χ3n) is 1.46. The van der Waals surface area contributed by atoms with Crippen molar-refractivity contribution in [2.75, 3.05) is 5.43 Å². The van der Waals surface area contributed by atoms with Crippen LogP contribution >= 0.6 is 11.6 Å². The fourth-order valence-corrected chi connectivity index (χ4v) is 0.865. The highest BCUT2D eigenvalue weighted by Gasteiger charge is 2.34. The van der Waals surface area contributed by atoms with E-state index in [2.05, 4.69) is 5.43 Å². The van der Waals surface area contributed by atoms with Crippen molar-refractivity contribution < 1.29 is 13.2 Å². The lowest BCUT2D eigenvalue weighted by atomic mass is 10.3. The molecule has 0 fully saturated rings. The summed E-state index contributed by atoms with van der Waals surface area (Å²) < 4.78 is 35.6. The Labute approximate surface area is 88.7 Å². The molecule has 0 unspecified atom stereocenters. The van der Waals surface area contributed by atoms with Crippen LogP contribution in [-0.2, 0) is 0 Å². The molecule has 0 saturated carbocycles. The van der Waals surface area contributed by atoms with Gasteiger partial charge in [-0.25, -0.2) is 0 Å². The summed E-state index contributed by atoms with van der Waals surface area (Å²) >= 11 is 5.58. The summed E-state index contributed by atoms with van der Waals surface area (Å²) in [5, 5.41) is 7.09. The molecule has 15 heavy (non-hydrogen) atoms. The van der Waals surface area contributed by atoms with E-state index in [0.29, 0.717) is 10.7 Å². The summed E-state index contributed by atoms with van der Waals surface area (Å²) in [6.07, 6.45) is -4.68. The zero-order chi connectivity index (χ0) is 11.5. The Bertz CT molecular complexity index is 347. The average Bonchev–Trinajstić information content (AvgIpc) is 2.15. The van der Waals surface area contributed by atoms with Crippen molar-refractivity contribution in [3.8, 4) is 0 Å². The molecule has 0 aliphatic heterocycles. The number of halogens is 4. The molecule has 0 radical (unpaired) electrons. The van der Waals surface area contributed by atoms with Crippen LogP contribution in [0.1, 0.15) is 0 Å². The summed E-state index contributed by atoms with van der Waals surface area (Å²) in [4.78, 5) is 0. The number of nitrogens with one attached hydrogen (secondary N) is 3. The molecular weight excluding hydrogens is 231 g/mol. The summed E-state index contributed by atoms with van der Waals surface area (Å²) in [6, 6.07) is 6.00. The smallest absolute Gasteiger partial charge is 0.300 e. The van der Waals surface area contributed by atoms with E-state index in [1.807, 2.05) is 0 Å². The Balaban J connectivity index is 2.51. The molecule has 1 aromatic rings. The molecule has 82 valence electrons. The van der Waals surface area contributed by atoms with E-state index >= 15 is 0 Å². The topological polar surface area (TPSA) is 47.9 Å². The first-order chi connectivity index (χ1) is 6.89. The molecule has 3 N–H and O–H groups in total. The molecule has 0 spiro atoms. The maximum Gasteiger partial charge on any atom is 0.450 e. The van der Waals surface area contributed by atoms with Crippen molar-refractivity contribution >= 4 is 23.1 Å². The van der Waals surface area contributed by atoms with E-state index in [4.69, 9.17) is 17.0 Å². The maximum absolute atomic E-state index is 11.9. The number of benzene rings is 1. The van der Waals surface area contributed by atoms with Crippen molar-refractivity contribution in [3.63, 3.8) is 0 Å². The Kier molecular flexibility index (Phi) is 3.41. The van der Waals surface area contributed by atoms with Crippen molar-refractivity contribution in [1.82, 2.24) is 5.43 Å². The largest absolute Gasteiger partial charge is 0.450 e. The number of hydrogen-bond donors (Lipinski definition) is 3. The molecule has 0 aliphatic rings. The highest BCUT2D eigenvalue weighted by atomic mass is 35.5. The number of anilines is 1. The number of hydrogen-bond acceptors (Lipinski definition) is 2. The zero-order valence-electron chi connectivity index (χ0n) is 7.32. The second-order valence-corrected chi connectivity index (χ2v) is 3.07. The van der Waals surface area contributed by atoms with Gasteiger partial charge in [-0.2, -0.15) is 13.2 Å². The van der Waals surface area contributed by atoms with Gasteiger partial charge in [-0.1, -0.05) is 11.6 Å². The summed E-state index contributed by atoms with van der Waals surface area (Å²) in [5.74, 6) is -1.56. The zero-order valence-corrected chi connectivity index (χ0v) is 8.08. The molecule has 0 aromatic heterocycles. The number of hydrazine groups is 1. The minimum atomic E-state index is -4.68. The van der Waals surface area contributed by atoms with Crippen LogP contribution in [0.25, 0.3) is 0 Å². The normalized spacial score (nSPS) is 10.9. The Morgan fingerprint density at radius 2 is 1.73 bits per heavy atom. The highest BCUT2D eigenvalue weighted by Crippen LogP contribution is 2.15. The Morgan fingerprint density at radius 1 is 1.20 bits per heavy atom. The van der Waals surface area contributed by atoms with Crippen LogP contribution in [0.5, 0.6) is 0 Å². The third-order valence-corrected chi connectivity index (χ3v) is 1.71. The van der Waals surface area contributed by atoms with Crippen molar-refractivity contribution in [2.45, 2.75) is 6.18 Å². The molecule has 0 heterocycles. The van der Waals surface area contributed by atoms with E-state index in [-0.39, 0.29) is 0 Å².